The van der Waals surface area contributed by atoms with Crippen molar-refractivity contribution in [3.63, 3.8) is 0 Å². The van der Waals surface area contributed by atoms with Gasteiger partial charge in [0.25, 0.3) is 0 Å². The number of hydrogen-bond donors (Lipinski definition) is 2. The molecule has 1 aromatic heterocycles. The van der Waals surface area contributed by atoms with Gasteiger partial charge in [0.2, 0.25) is 0 Å². The van der Waals surface area contributed by atoms with Crippen LogP contribution in [-0.2, 0) is 4.74 Å². The molecule has 0 aliphatic carbocycles. The van der Waals surface area contributed by atoms with Gasteiger partial charge in [-0.1, -0.05) is 18.5 Å². The summed E-state index contributed by atoms with van der Waals surface area (Å²) < 4.78 is 5.03. The Morgan fingerprint density at radius 1 is 1.53 bits per heavy atom. The van der Waals surface area contributed by atoms with Crippen LogP contribution < -0.4 is 10.6 Å². The van der Waals surface area contributed by atoms with E-state index in [4.69, 9.17) is 16.3 Å². The standard InChI is InChI=1S/C13H20ClN3O2/c1-5-10(7-19-4)16-13(18)17-11-8(2)6-9(3)15-12(11)14/h6,10H,5,7H2,1-4H3,(H2,16,17,18)/t10-/m0/s1. The van der Waals surface area contributed by atoms with E-state index >= 15 is 0 Å². The minimum absolute atomic E-state index is 0.0255. The number of ether oxygens (including phenoxy) is 1. The van der Waals surface area contributed by atoms with E-state index in [9.17, 15) is 4.79 Å². The summed E-state index contributed by atoms with van der Waals surface area (Å²) in [6.07, 6.45) is 0.792. The molecular formula is C13H20ClN3O2. The summed E-state index contributed by atoms with van der Waals surface area (Å²) in [6.45, 7) is 6.19. The first-order valence-electron chi connectivity index (χ1n) is 6.18. The Labute approximate surface area is 118 Å². The lowest BCUT2D eigenvalue weighted by molar-refractivity contribution is 0.165. The van der Waals surface area contributed by atoms with E-state index in [0.29, 0.717) is 17.4 Å². The molecule has 2 N–H and O–H groups in total. The summed E-state index contributed by atoms with van der Waals surface area (Å²) in [4.78, 5) is 16.0. The van der Waals surface area contributed by atoms with E-state index in [1.807, 2.05) is 26.8 Å². The Balaban J connectivity index is 2.72. The Morgan fingerprint density at radius 3 is 2.74 bits per heavy atom. The fourth-order valence-corrected chi connectivity index (χ4v) is 2.07. The quantitative estimate of drug-likeness (QED) is 0.818. The van der Waals surface area contributed by atoms with Crippen molar-refractivity contribution in [1.82, 2.24) is 10.3 Å². The van der Waals surface area contributed by atoms with Crippen LogP contribution >= 0.6 is 11.6 Å². The molecular weight excluding hydrogens is 266 g/mol. The molecule has 19 heavy (non-hydrogen) atoms. The molecule has 0 saturated heterocycles. The van der Waals surface area contributed by atoms with Crippen molar-refractivity contribution in [1.29, 1.82) is 0 Å². The molecule has 0 radical (unpaired) electrons. The second-order valence-electron chi connectivity index (χ2n) is 4.41. The molecule has 0 unspecified atom stereocenters. The lowest BCUT2D eigenvalue weighted by Gasteiger charge is -2.17. The summed E-state index contributed by atoms with van der Waals surface area (Å²) in [5.41, 5.74) is 2.24. The third-order valence-corrected chi connectivity index (χ3v) is 3.01. The average Bonchev–Trinajstić information content (AvgIpc) is 2.33. The second-order valence-corrected chi connectivity index (χ2v) is 4.76. The maximum atomic E-state index is 11.9. The van der Waals surface area contributed by atoms with Gasteiger partial charge in [0, 0.05) is 12.8 Å². The number of nitrogens with one attached hydrogen (secondary N) is 2. The largest absolute Gasteiger partial charge is 0.383 e. The minimum atomic E-state index is -0.306. The van der Waals surface area contributed by atoms with Crippen molar-refractivity contribution < 1.29 is 9.53 Å². The molecule has 2 amide bonds. The van der Waals surface area contributed by atoms with Gasteiger partial charge in [0.15, 0.2) is 5.15 Å². The number of anilines is 1. The number of hydrogen-bond acceptors (Lipinski definition) is 3. The molecule has 1 rings (SSSR count). The van der Waals surface area contributed by atoms with E-state index in [1.165, 1.54) is 0 Å². The van der Waals surface area contributed by atoms with Gasteiger partial charge in [-0.05, 0) is 31.9 Å². The van der Waals surface area contributed by atoms with Crippen LogP contribution in [0.4, 0.5) is 10.5 Å². The molecule has 1 aromatic rings. The number of carbonyl (C=O) groups excluding carboxylic acids is 1. The van der Waals surface area contributed by atoms with Crippen LogP contribution in [0.5, 0.6) is 0 Å². The summed E-state index contributed by atoms with van der Waals surface area (Å²) in [5, 5.41) is 5.85. The van der Waals surface area contributed by atoms with Crippen LogP contribution in [0, 0.1) is 13.8 Å². The molecule has 0 saturated carbocycles. The maximum Gasteiger partial charge on any atom is 0.319 e. The second kappa shape index (κ2) is 7.31. The van der Waals surface area contributed by atoms with E-state index in [-0.39, 0.29) is 12.1 Å². The lowest BCUT2D eigenvalue weighted by Crippen LogP contribution is -2.40. The van der Waals surface area contributed by atoms with Gasteiger partial charge >= 0.3 is 6.03 Å². The number of amides is 2. The van der Waals surface area contributed by atoms with Gasteiger partial charge in [0.1, 0.15) is 0 Å². The molecule has 0 bridgehead atoms. The Bertz CT molecular complexity index is 429. The summed E-state index contributed by atoms with van der Waals surface area (Å²) in [7, 11) is 1.60. The molecule has 0 aromatic carbocycles. The number of urea groups is 1. The Morgan fingerprint density at radius 2 is 2.21 bits per heavy atom. The van der Waals surface area contributed by atoms with Gasteiger partial charge in [-0.25, -0.2) is 9.78 Å². The van der Waals surface area contributed by atoms with Crippen molar-refractivity contribution in [3.05, 3.63) is 22.5 Å². The topological polar surface area (TPSA) is 63.2 Å². The van der Waals surface area contributed by atoms with E-state index in [0.717, 1.165) is 17.7 Å². The first-order chi connectivity index (χ1) is 8.97. The van der Waals surface area contributed by atoms with Crippen LogP contribution in [0.1, 0.15) is 24.6 Å². The highest BCUT2D eigenvalue weighted by atomic mass is 35.5. The number of methoxy groups -OCH3 is 1. The number of nitrogens with zero attached hydrogens (tertiary/aromatic N) is 1. The lowest BCUT2D eigenvalue weighted by atomic mass is 10.2. The number of pyridine rings is 1. The zero-order valence-corrected chi connectivity index (χ0v) is 12.5. The molecule has 1 atom stereocenters. The van der Waals surface area contributed by atoms with Gasteiger partial charge in [0.05, 0.1) is 18.3 Å². The number of aromatic nitrogens is 1. The highest BCUT2D eigenvalue weighted by molar-refractivity contribution is 6.32. The van der Waals surface area contributed by atoms with Crippen molar-refractivity contribution >= 4 is 23.3 Å². The number of carbonyl (C=O) groups is 1. The molecule has 0 aliphatic rings. The highest BCUT2D eigenvalue weighted by Crippen LogP contribution is 2.24. The molecule has 0 spiro atoms. The Hall–Kier alpha value is -1.33. The predicted octanol–water partition coefficient (Wildman–Crippen LogP) is 2.90. The van der Waals surface area contributed by atoms with Crippen LogP contribution in [0.25, 0.3) is 0 Å². The van der Waals surface area contributed by atoms with Crippen LogP contribution in [-0.4, -0.2) is 30.8 Å². The SMILES string of the molecule is CC[C@@H](COC)NC(=O)Nc1c(C)cc(C)nc1Cl. The summed E-state index contributed by atoms with van der Waals surface area (Å²) in [6, 6.07) is 1.54. The molecule has 5 nitrogen and oxygen atoms in total. The van der Waals surface area contributed by atoms with Gasteiger partial charge in [-0.15, -0.1) is 0 Å². The molecule has 1 heterocycles. The van der Waals surface area contributed by atoms with Gasteiger partial charge in [-0.2, -0.15) is 0 Å². The van der Waals surface area contributed by atoms with Crippen molar-refractivity contribution in [2.75, 3.05) is 19.0 Å². The summed E-state index contributed by atoms with van der Waals surface area (Å²) >= 11 is 6.03. The number of aryl methyl sites for hydroxylation is 2. The fourth-order valence-electron chi connectivity index (χ4n) is 1.74. The third-order valence-electron chi connectivity index (χ3n) is 2.73. The molecule has 6 heteroatoms. The highest BCUT2D eigenvalue weighted by Gasteiger charge is 2.13. The monoisotopic (exact) mass is 285 g/mol. The van der Waals surface area contributed by atoms with Crippen molar-refractivity contribution in [2.45, 2.75) is 33.2 Å². The first kappa shape index (κ1) is 15.7. The van der Waals surface area contributed by atoms with Crippen LogP contribution in [0.15, 0.2) is 6.07 Å². The van der Waals surface area contributed by atoms with Crippen molar-refractivity contribution in [3.8, 4) is 0 Å². The first-order valence-corrected chi connectivity index (χ1v) is 6.55. The van der Waals surface area contributed by atoms with E-state index < -0.39 is 0 Å². The minimum Gasteiger partial charge on any atom is -0.383 e. The molecule has 106 valence electrons. The van der Waals surface area contributed by atoms with Gasteiger partial charge < -0.3 is 15.4 Å². The van der Waals surface area contributed by atoms with Gasteiger partial charge in [-0.3, -0.25) is 0 Å². The zero-order valence-electron chi connectivity index (χ0n) is 11.7. The van der Waals surface area contributed by atoms with E-state index in [2.05, 4.69) is 15.6 Å². The number of rotatable bonds is 5. The molecule has 0 fully saturated rings. The van der Waals surface area contributed by atoms with Crippen LogP contribution in [0.3, 0.4) is 0 Å². The predicted molar refractivity (Wildman–Crippen MR) is 76.8 cm³/mol. The third kappa shape index (κ3) is 4.69. The fraction of sp³-hybridized carbons (Fsp3) is 0.538. The van der Waals surface area contributed by atoms with Crippen molar-refractivity contribution in [2.24, 2.45) is 0 Å². The smallest absolute Gasteiger partial charge is 0.319 e. The zero-order chi connectivity index (χ0) is 14.4. The number of halogens is 1. The summed E-state index contributed by atoms with van der Waals surface area (Å²) in [5.74, 6) is 0. The normalized spacial score (nSPS) is 12.1. The average molecular weight is 286 g/mol. The molecule has 0 aliphatic heterocycles. The van der Waals surface area contributed by atoms with E-state index in [1.54, 1.807) is 7.11 Å². The Kier molecular flexibility index (Phi) is 6.05. The van der Waals surface area contributed by atoms with Crippen LogP contribution in [0.2, 0.25) is 5.15 Å². The maximum absolute atomic E-state index is 11.9.